The molecule has 0 saturated heterocycles. The molecule has 0 unspecified atom stereocenters. The molecule has 0 radical (unpaired) electrons. The zero-order valence-corrected chi connectivity index (χ0v) is 6.61. The number of hydrogen-bond donors (Lipinski definition) is 1. The molecular weight excluding hydrogens is 154 g/mol. The van der Waals surface area contributed by atoms with Crippen LogP contribution in [-0.2, 0) is 4.79 Å². The number of nitrogens with zero attached hydrogens (tertiary/aromatic N) is 1. The summed E-state index contributed by atoms with van der Waals surface area (Å²) in [6.45, 7) is 0. The zero-order valence-electron chi connectivity index (χ0n) is 6.61. The van der Waals surface area contributed by atoms with E-state index < -0.39 is 0 Å². The van der Waals surface area contributed by atoms with Crippen LogP contribution in [0.5, 0.6) is 0 Å². The summed E-state index contributed by atoms with van der Waals surface area (Å²) in [4.78, 5) is 11.0. The summed E-state index contributed by atoms with van der Waals surface area (Å²) >= 11 is 0. The summed E-state index contributed by atoms with van der Waals surface area (Å²) in [5.41, 5.74) is 1.18. The topological polar surface area (TPSA) is 40.3 Å². The van der Waals surface area contributed by atoms with E-state index in [1.54, 1.807) is 10.7 Å². The third-order valence-corrected chi connectivity index (χ3v) is 1.97. The van der Waals surface area contributed by atoms with Crippen LogP contribution in [-0.4, -0.2) is 28.7 Å². The maximum Gasteiger partial charge on any atom is 0.220 e. The van der Waals surface area contributed by atoms with Crippen LogP contribution in [0, 0.1) is 0 Å². The van der Waals surface area contributed by atoms with Gasteiger partial charge in [-0.25, -0.2) is 4.58 Å². The Morgan fingerprint density at radius 3 is 2.67 bits per heavy atom. The van der Waals surface area contributed by atoms with E-state index in [-0.39, 0.29) is 11.5 Å². The van der Waals surface area contributed by atoms with Gasteiger partial charge in [0.2, 0.25) is 5.70 Å². The number of rotatable bonds is 0. The number of carbonyl (C=O) groups is 1. The van der Waals surface area contributed by atoms with E-state index in [0.717, 1.165) is 5.70 Å². The molecule has 0 aromatic rings. The molecule has 12 heavy (non-hydrogen) atoms. The number of ketones is 1. The lowest BCUT2D eigenvalue weighted by Crippen LogP contribution is -2.18. The van der Waals surface area contributed by atoms with Crippen LogP contribution in [0.1, 0.15) is 0 Å². The van der Waals surface area contributed by atoms with Gasteiger partial charge in [0.15, 0.2) is 12.0 Å². The smallest absolute Gasteiger partial charge is 0.220 e. The first kappa shape index (κ1) is 7.03. The average Bonchev–Trinajstić information content (AvgIpc) is 2.37. The molecule has 1 aliphatic heterocycles. The van der Waals surface area contributed by atoms with Gasteiger partial charge in [-0.15, -0.1) is 0 Å². The van der Waals surface area contributed by atoms with Crippen molar-refractivity contribution >= 4 is 12.0 Å². The second kappa shape index (κ2) is 2.17. The van der Waals surface area contributed by atoms with Crippen LogP contribution in [0.3, 0.4) is 0 Å². The Morgan fingerprint density at radius 1 is 1.50 bits per heavy atom. The van der Waals surface area contributed by atoms with Gasteiger partial charge in [0.25, 0.3) is 0 Å². The normalized spacial score (nSPS) is 26.9. The summed E-state index contributed by atoms with van der Waals surface area (Å²) in [5, 5.41) is 9.16. The van der Waals surface area contributed by atoms with Crippen LogP contribution < -0.4 is 0 Å². The number of aliphatic hydroxyl groups is 1. The highest BCUT2D eigenvalue weighted by molar-refractivity contribution is 6.15. The van der Waals surface area contributed by atoms with Crippen molar-refractivity contribution in [2.75, 3.05) is 7.05 Å². The Bertz CT molecular complexity index is 367. The summed E-state index contributed by atoms with van der Waals surface area (Å²) in [6.07, 6.45) is 6.70. The molecule has 1 aliphatic carbocycles. The number of allylic oxidation sites excluding steroid dienone is 4. The van der Waals surface area contributed by atoms with Gasteiger partial charge in [-0.2, -0.15) is 0 Å². The minimum atomic E-state index is -0.102. The highest BCUT2D eigenvalue weighted by Gasteiger charge is 2.31. The van der Waals surface area contributed by atoms with Crippen molar-refractivity contribution < 1.29 is 14.5 Å². The molecule has 0 saturated carbocycles. The minimum absolute atomic E-state index is 0.0850. The first-order valence-corrected chi connectivity index (χ1v) is 3.64. The predicted octanol–water partition coefficient (Wildman–Crippen LogP) is 0.548. The van der Waals surface area contributed by atoms with E-state index in [1.807, 2.05) is 19.3 Å². The van der Waals surface area contributed by atoms with E-state index in [1.165, 1.54) is 6.08 Å². The highest BCUT2D eigenvalue weighted by atomic mass is 16.3. The summed E-state index contributed by atoms with van der Waals surface area (Å²) in [7, 11) is 1.83. The van der Waals surface area contributed by atoms with Crippen molar-refractivity contribution in [2.45, 2.75) is 0 Å². The van der Waals surface area contributed by atoms with E-state index in [2.05, 4.69) is 0 Å². The Kier molecular flexibility index (Phi) is 1.27. The Hall–Kier alpha value is -1.64. The van der Waals surface area contributed by atoms with Crippen LogP contribution >= 0.6 is 0 Å². The number of hydrogen-bond acceptors (Lipinski definition) is 2. The molecule has 0 aromatic carbocycles. The Balaban J connectivity index is 2.54. The van der Waals surface area contributed by atoms with Gasteiger partial charge in [0.1, 0.15) is 18.4 Å². The second-order valence-electron chi connectivity index (χ2n) is 2.77. The minimum Gasteiger partial charge on any atom is -0.507 e. The molecule has 0 spiro atoms. The van der Waals surface area contributed by atoms with Gasteiger partial charge < -0.3 is 5.11 Å². The molecule has 2 aliphatic rings. The van der Waals surface area contributed by atoms with Gasteiger partial charge in [0.05, 0.1) is 0 Å². The molecular formula is C9H8NO2+. The molecule has 3 heteroatoms. The molecule has 0 atom stereocenters. The standard InChI is InChI=1S/C9H7NO2/c1-10-4-2-3-6(10)9-7(11)5-8(9)12/h2-5H,1H3/p+1. The van der Waals surface area contributed by atoms with Crippen LogP contribution in [0.25, 0.3) is 0 Å². The molecule has 0 fully saturated rings. The lowest BCUT2D eigenvalue weighted by Gasteiger charge is -2.10. The fraction of sp³-hybridized carbons (Fsp3) is 0.111. The first-order chi connectivity index (χ1) is 5.70. The molecule has 3 nitrogen and oxygen atoms in total. The molecule has 0 amide bonds. The van der Waals surface area contributed by atoms with E-state index in [4.69, 9.17) is 5.11 Å². The molecule has 1 heterocycles. The van der Waals surface area contributed by atoms with Crippen LogP contribution in [0.4, 0.5) is 0 Å². The predicted molar refractivity (Wildman–Crippen MR) is 44.1 cm³/mol. The van der Waals surface area contributed by atoms with Gasteiger partial charge in [-0.1, -0.05) is 0 Å². The van der Waals surface area contributed by atoms with Crippen molar-refractivity contribution in [1.29, 1.82) is 0 Å². The lowest BCUT2D eigenvalue weighted by molar-refractivity contribution is -0.430. The Labute approximate surface area is 69.6 Å². The highest BCUT2D eigenvalue weighted by Crippen LogP contribution is 2.25. The first-order valence-electron chi connectivity index (χ1n) is 3.64. The summed E-state index contributed by atoms with van der Waals surface area (Å²) in [5.74, 6) is -0.0175. The van der Waals surface area contributed by atoms with E-state index in [0.29, 0.717) is 5.57 Å². The van der Waals surface area contributed by atoms with Crippen molar-refractivity contribution in [2.24, 2.45) is 0 Å². The van der Waals surface area contributed by atoms with Gasteiger partial charge >= 0.3 is 0 Å². The molecule has 0 aromatic heterocycles. The largest absolute Gasteiger partial charge is 0.507 e. The van der Waals surface area contributed by atoms with Crippen LogP contribution in [0.15, 0.2) is 35.3 Å². The number of likely N-dealkylation sites (N-methyl/N-ethyl adjacent to an activating group) is 1. The lowest BCUT2D eigenvalue weighted by atomic mass is 9.96. The van der Waals surface area contributed by atoms with E-state index >= 15 is 0 Å². The maximum absolute atomic E-state index is 11.0. The number of carbonyl (C=O) groups excluding carboxylic acids is 1. The van der Waals surface area contributed by atoms with E-state index in [9.17, 15) is 4.79 Å². The third kappa shape index (κ3) is 0.763. The third-order valence-electron chi connectivity index (χ3n) is 1.97. The van der Waals surface area contributed by atoms with Crippen LogP contribution in [0.2, 0.25) is 0 Å². The maximum atomic E-state index is 11.0. The van der Waals surface area contributed by atoms with Gasteiger partial charge in [0, 0.05) is 18.2 Å². The molecule has 60 valence electrons. The summed E-state index contributed by atoms with van der Waals surface area (Å²) in [6, 6.07) is 0. The van der Waals surface area contributed by atoms with Gasteiger partial charge in [-0.05, 0) is 0 Å². The molecule has 2 rings (SSSR count). The molecule has 1 N–H and O–H groups in total. The molecule has 0 bridgehead atoms. The van der Waals surface area contributed by atoms with Gasteiger partial charge in [-0.3, -0.25) is 4.79 Å². The number of aliphatic hydroxyl groups excluding tert-OH is 1. The fourth-order valence-corrected chi connectivity index (χ4v) is 1.30. The van der Waals surface area contributed by atoms with Crippen molar-refractivity contribution in [1.82, 2.24) is 0 Å². The summed E-state index contributed by atoms with van der Waals surface area (Å²) < 4.78 is 1.80. The van der Waals surface area contributed by atoms with Crippen molar-refractivity contribution in [3.63, 3.8) is 0 Å². The SMILES string of the molecule is C[N+]1=CC=CC1=C1C(=O)C=C1O. The second-order valence-corrected chi connectivity index (χ2v) is 2.77. The van der Waals surface area contributed by atoms with Crippen molar-refractivity contribution in [3.8, 4) is 0 Å². The average molecular weight is 162 g/mol. The zero-order chi connectivity index (χ0) is 8.72. The van der Waals surface area contributed by atoms with Crippen molar-refractivity contribution in [3.05, 3.63) is 35.3 Å². The monoisotopic (exact) mass is 162 g/mol. The Morgan fingerprint density at radius 2 is 2.25 bits per heavy atom. The fourth-order valence-electron chi connectivity index (χ4n) is 1.30. The quantitative estimate of drug-likeness (QED) is 0.417.